The number of halogens is 1. The van der Waals surface area contributed by atoms with Crippen LogP contribution in [0.2, 0.25) is 0 Å². The van der Waals surface area contributed by atoms with E-state index < -0.39 is 10.0 Å². The molecule has 10 nitrogen and oxygen atoms in total. The molecule has 0 atom stereocenters. The van der Waals surface area contributed by atoms with Crippen molar-refractivity contribution in [3.63, 3.8) is 0 Å². The number of anilines is 2. The van der Waals surface area contributed by atoms with E-state index >= 15 is 0 Å². The predicted octanol–water partition coefficient (Wildman–Crippen LogP) is 3.34. The molecule has 12 heteroatoms. The Morgan fingerprint density at radius 1 is 1.19 bits per heavy atom. The molecule has 4 aromatic rings. The number of aromatic nitrogens is 3. The van der Waals surface area contributed by atoms with Gasteiger partial charge in [-0.3, -0.25) is 4.79 Å². The van der Waals surface area contributed by atoms with Crippen LogP contribution in [0.5, 0.6) is 0 Å². The van der Waals surface area contributed by atoms with Crippen molar-refractivity contribution in [1.29, 1.82) is 0 Å². The van der Waals surface area contributed by atoms with Crippen LogP contribution in [0.4, 0.5) is 11.4 Å². The van der Waals surface area contributed by atoms with Gasteiger partial charge in [0.1, 0.15) is 6.26 Å². The van der Waals surface area contributed by atoms with Crippen LogP contribution in [0.1, 0.15) is 24.1 Å². The van der Waals surface area contributed by atoms with Crippen LogP contribution < -0.4 is 16.0 Å². The van der Waals surface area contributed by atoms with Gasteiger partial charge >= 0.3 is 0 Å². The van der Waals surface area contributed by atoms with Gasteiger partial charge in [-0.2, -0.15) is 0 Å². The summed E-state index contributed by atoms with van der Waals surface area (Å²) in [6, 6.07) is 10.1. The highest BCUT2D eigenvalue weighted by Gasteiger charge is 2.24. The number of pyridine rings is 1. The lowest BCUT2D eigenvalue weighted by atomic mass is 10.1. The van der Waals surface area contributed by atoms with E-state index in [0.29, 0.717) is 28.0 Å². The number of aryl methyl sites for hydroxylation is 1. The second kappa shape index (κ2) is 10.7. The van der Waals surface area contributed by atoms with Crippen molar-refractivity contribution in [2.75, 3.05) is 23.7 Å². The Hall–Kier alpha value is -3.41. The second-order valence-corrected chi connectivity index (χ2v) is 10.3. The molecule has 0 radical (unpaired) electrons. The Balaban J connectivity index is 0.00000304. The van der Waals surface area contributed by atoms with Gasteiger partial charge in [-0.25, -0.2) is 17.4 Å². The van der Waals surface area contributed by atoms with Crippen molar-refractivity contribution in [3.05, 3.63) is 66.3 Å². The molecule has 0 aliphatic carbocycles. The van der Waals surface area contributed by atoms with E-state index in [1.54, 1.807) is 43.3 Å². The van der Waals surface area contributed by atoms with E-state index in [4.69, 9.17) is 4.52 Å². The van der Waals surface area contributed by atoms with Crippen LogP contribution in [0.25, 0.3) is 11.0 Å². The zero-order valence-electron chi connectivity index (χ0n) is 19.6. The SMILES string of the molecule is Cc1nocc1CC(=O)Nc1cnc2c(ccn2S(=O)(=O)c2ccccc2)c1NC1CCNCC1.Cl. The molecule has 0 bridgehead atoms. The second-order valence-electron chi connectivity index (χ2n) is 8.53. The van der Waals surface area contributed by atoms with Crippen molar-refractivity contribution >= 4 is 50.7 Å². The van der Waals surface area contributed by atoms with Gasteiger partial charge in [-0.15, -0.1) is 12.4 Å². The fourth-order valence-electron chi connectivity index (χ4n) is 4.23. The molecule has 1 aliphatic rings. The van der Waals surface area contributed by atoms with Crippen molar-refractivity contribution in [1.82, 2.24) is 19.4 Å². The molecule has 1 fully saturated rings. The molecule has 1 saturated heterocycles. The first-order chi connectivity index (χ1) is 16.9. The summed E-state index contributed by atoms with van der Waals surface area (Å²) < 4.78 is 32.7. The fraction of sp³-hybridized carbons (Fsp3) is 0.292. The quantitative estimate of drug-likeness (QED) is 0.331. The van der Waals surface area contributed by atoms with E-state index in [9.17, 15) is 13.2 Å². The summed E-state index contributed by atoms with van der Waals surface area (Å²) in [4.78, 5) is 17.4. The largest absolute Gasteiger partial charge is 0.380 e. The van der Waals surface area contributed by atoms with Gasteiger partial charge in [0, 0.05) is 23.2 Å². The van der Waals surface area contributed by atoms with Crippen molar-refractivity contribution in [2.45, 2.75) is 37.1 Å². The average molecular weight is 531 g/mol. The molecule has 3 N–H and O–H groups in total. The van der Waals surface area contributed by atoms with E-state index in [2.05, 4.69) is 26.1 Å². The number of rotatable bonds is 7. The van der Waals surface area contributed by atoms with Gasteiger partial charge in [0.15, 0.2) is 5.65 Å². The number of piperidine rings is 1. The predicted molar refractivity (Wildman–Crippen MR) is 139 cm³/mol. The van der Waals surface area contributed by atoms with Gasteiger partial charge in [0.05, 0.1) is 34.6 Å². The number of amides is 1. The third kappa shape index (κ3) is 5.08. The summed E-state index contributed by atoms with van der Waals surface area (Å²) in [6.07, 6.45) is 6.36. The molecular formula is C24H27ClN6O4S. The van der Waals surface area contributed by atoms with Crippen molar-refractivity contribution < 1.29 is 17.7 Å². The highest BCUT2D eigenvalue weighted by molar-refractivity contribution is 7.90. The maximum atomic E-state index is 13.3. The molecule has 1 aliphatic heterocycles. The first-order valence-electron chi connectivity index (χ1n) is 11.4. The minimum atomic E-state index is -3.84. The smallest absolute Gasteiger partial charge is 0.269 e. The Kier molecular flexibility index (Phi) is 7.62. The third-order valence-corrected chi connectivity index (χ3v) is 7.82. The Morgan fingerprint density at radius 2 is 1.94 bits per heavy atom. The molecule has 36 heavy (non-hydrogen) atoms. The number of hydrogen-bond acceptors (Lipinski definition) is 8. The Bertz CT molecular complexity index is 1460. The molecule has 190 valence electrons. The maximum Gasteiger partial charge on any atom is 0.269 e. The summed E-state index contributed by atoms with van der Waals surface area (Å²) in [5.41, 5.74) is 2.79. The lowest BCUT2D eigenvalue weighted by molar-refractivity contribution is -0.115. The maximum absolute atomic E-state index is 13.3. The number of fused-ring (bicyclic) bond motifs is 1. The molecule has 1 aromatic carbocycles. The number of benzene rings is 1. The van der Waals surface area contributed by atoms with Crippen molar-refractivity contribution in [3.8, 4) is 0 Å². The first-order valence-corrected chi connectivity index (χ1v) is 12.8. The van der Waals surface area contributed by atoms with Crippen LogP contribution in [-0.2, 0) is 21.2 Å². The van der Waals surface area contributed by atoms with Crippen LogP contribution in [0, 0.1) is 6.92 Å². The molecule has 1 amide bonds. The minimum absolute atomic E-state index is 0. The summed E-state index contributed by atoms with van der Waals surface area (Å²) in [5.74, 6) is -0.248. The standard InChI is InChI=1S/C24H26N6O4S.ClH/c1-16-17(15-34-29-16)13-22(31)28-21-14-26-24-20(23(21)27-18-7-10-25-11-8-18)9-12-30(24)35(32,33)19-5-3-2-4-6-19;/h2-6,9,12,14-15,18,25H,7-8,10-11,13H2,1H3,(H,26,27)(H,28,31);1H. The monoisotopic (exact) mass is 530 g/mol. The molecule has 0 spiro atoms. The number of hydrogen-bond donors (Lipinski definition) is 3. The highest BCUT2D eigenvalue weighted by atomic mass is 35.5. The lowest BCUT2D eigenvalue weighted by Crippen LogP contribution is -2.35. The van der Waals surface area contributed by atoms with E-state index in [1.165, 1.54) is 22.6 Å². The summed E-state index contributed by atoms with van der Waals surface area (Å²) >= 11 is 0. The minimum Gasteiger partial charge on any atom is -0.380 e. The van der Waals surface area contributed by atoms with E-state index in [0.717, 1.165) is 25.9 Å². The van der Waals surface area contributed by atoms with Crippen LogP contribution in [0.15, 0.2) is 64.5 Å². The zero-order chi connectivity index (χ0) is 24.4. The lowest BCUT2D eigenvalue weighted by Gasteiger charge is -2.26. The molecule has 3 aromatic heterocycles. The van der Waals surface area contributed by atoms with Gasteiger partial charge in [0.25, 0.3) is 10.0 Å². The third-order valence-electron chi connectivity index (χ3n) is 6.14. The number of nitrogens with zero attached hydrogens (tertiary/aromatic N) is 3. The van der Waals surface area contributed by atoms with E-state index in [-0.39, 0.29) is 41.3 Å². The molecule has 0 unspecified atom stereocenters. The fourth-order valence-corrected chi connectivity index (χ4v) is 5.56. The number of nitrogens with one attached hydrogen (secondary N) is 3. The number of carbonyl (C=O) groups is 1. The Labute approximate surface area is 214 Å². The summed E-state index contributed by atoms with van der Waals surface area (Å²) in [7, 11) is -3.84. The molecule has 5 rings (SSSR count). The van der Waals surface area contributed by atoms with Gasteiger partial charge in [0.2, 0.25) is 5.91 Å². The normalized spacial score (nSPS) is 14.4. The van der Waals surface area contributed by atoms with Gasteiger partial charge in [-0.1, -0.05) is 23.4 Å². The highest BCUT2D eigenvalue weighted by Crippen LogP contribution is 2.34. The topological polar surface area (TPSA) is 131 Å². The van der Waals surface area contributed by atoms with Crippen LogP contribution in [-0.4, -0.2) is 47.6 Å². The molecule has 4 heterocycles. The molecule has 0 saturated carbocycles. The van der Waals surface area contributed by atoms with Gasteiger partial charge in [-0.05, 0) is 51.1 Å². The number of carbonyl (C=O) groups excluding carboxylic acids is 1. The zero-order valence-corrected chi connectivity index (χ0v) is 21.2. The Morgan fingerprint density at radius 3 is 2.64 bits per heavy atom. The van der Waals surface area contributed by atoms with Crippen LogP contribution in [0.3, 0.4) is 0 Å². The van der Waals surface area contributed by atoms with E-state index in [1.807, 2.05) is 0 Å². The van der Waals surface area contributed by atoms with Gasteiger partial charge < -0.3 is 20.5 Å². The summed E-state index contributed by atoms with van der Waals surface area (Å²) in [6.45, 7) is 3.53. The average Bonchev–Trinajstić information content (AvgIpc) is 3.48. The van der Waals surface area contributed by atoms with Crippen LogP contribution >= 0.6 is 12.4 Å². The summed E-state index contributed by atoms with van der Waals surface area (Å²) in [5, 5.41) is 14.2. The van der Waals surface area contributed by atoms with Crippen molar-refractivity contribution in [2.24, 2.45) is 0 Å². The first kappa shape index (κ1) is 25.7. The molecular weight excluding hydrogens is 504 g/mol.